The molecule has 0 spiro atoms. The van der Waals surface area contributed by atoms with Gasteiger partial charge < -0.3 is 13.9 Å². The van der Waals surface area contributed by atoms with E-state index in [1.807, 2.05) is 11.3 Å². The van der Waals surface area contributed by atoms with Crippen molar-refractivity contribution in [2.45, 2.75) is 0 Å². The molecule has 0 saturated heterocycles. The maximum atomic E-state index is 6.53. The summed E-state index contributed by atoms with van der Waals surface area (Å²) >= 11 is 1.88. The van der Waals surface area contributed by atoms with Crippen LogP contribution in [0.4, 0.5) is 17.1 Å². The van der Waals surface area contributed by atoms with Crippen LogP contribution in [-0.4, -0.2) is 4.57 Å². The summed E-state index contributed by atoms with van der Waals surface area (Å²) in [5.74, 6) is 0. The summed E-state index contributed by atoms with van der Waals surface area (Å²) in [6, 6.07) is 83.4. The maximum absolute atomic E-state index is 6.53. The van der Waals surface area contributed by atoms with Crippen molar-refractivity contribution in [2.75, 3.05) is 4.90 Å². The Kier molecular flexibility index (Phi) is 8.40. The van der Waals surface area contributed by atoms with Gasteiger partial charge in [0.2, 0.25) is 0 Å². The standard InChI is InChI=1S/C60H38N2OS/c1-4-14-39(15-5-1)42-25-34-56-51(36-42)52-38-46(30-35-57(52)63-56)61(44-26-28-45(29-27-44)62-53-22-12-10-20-48(53)49-21-11-13-23-54(49)62)55-33-32-47(41-18-8-3-9-19-41)60-59(55)50-31-24-43(37-58(50)64-60)40-16-6-2-7-17-40/h1-38H. The van der Waals surface area contributed by atoms with E-state index in [1.165, 1.54) is 69.8 Å². The topological polar surface area (TPSA) is 21.3 Å². The molecule has 10 aromatic carbocycles. The fourth-order valence-corrected chi connectivity index (χ4v) is 11.1. The molecule has 0 aliphatic rings. The number of thiophene rings is 1. The van der Waals surface area contributed by atoms with E-state index in [4.69, 9.17) is 4.42 Å². The zero-order valence-electron chi connectivity index (χ0n) is 34.7. The number of nitrogens with zero attached hydrogens (tertiary/aromatic N) is 2. The second kappa shape index (κ2) is 14.7. The highest BCUT2D eigenvalue weighted by molar-refractivity contribution is 7.26. The van der Waals surface area contributed by atoms with Gasteiger partial charge in [-0.15, -0.1) is 11.3 Å². The van der Waals surface area contributed by atoms with Gasteiger partial charge in [0.15, 0.2) is 0 Å². The average Bonchev–Trinajstić information content (AvgIpc) is 4.04. The molecular formula is C60H38N2OS. The van der Waals surface area contributed by atoms with Crippen molar-refractivity contribution in [2.24, 2.45) is 0 Å². The Morgan fingerprint density at radius 2 is 0.922 bits per heavy atom. The second-order valence-corrected chi connectivity index (χ2v) is 17.5. The van der Waals surface area contributed by atoms with E-state index in [2.05, 4.69) is 240 Å². The molecule has 0 bridgehead atoms. The van der Waals surface area contributed by atoms with E-state index in [0.717, 1.165) is 50.3 Å². The molecule has 3 nitrogen and oxygen atoms in total. The summed E-state index contributed by atoms with van der Waals surface area (Å²) in [5.41, 5.74) is 15.7. The van der Waals surface area contributed by atoms with Gasteiger partial charge in [-0.3, -0.25) is 0 Å². The Bertz CT molecular complexity index is 3830. The fourth-order valence-electron chi connectivity index (χ4n) is 9.80. The van der Waals surface area contributed by atoms with Crippen molar-refractivity contribution in [3.8, 4) is 39.1 Å². The van der Waals surface area contributed by atoms with Crippen LogP contribution >= 0.6 is 11.3 Å². The summed E-state index contributed by atoms with van der Waals surface area (Å²) in [4.78, 5) is 2.45. The van der Waals surface area contributed by atoms with Gasteiger partial charge in [0, 0.05) is 58.8 Å². The average molecular weight is 835 g/mol. The number of rotatable bonds is 7. The molecule has 0 radical (unpaired) electrons. The number of anilines is 3. The van der Waals surface area contributed by atoms with Crippen LogP contribution in [0.2, 0.25) is 0 Å². The lowest BCUT2D eigenvalue weighted by molar-refractivity contribution is 0.669. The molecule has 0 aliphatic heterocycles. The number of aromatic nitrogens is 1. The third-order valence-electron chi connectivity index (χ3n) is 12.8. The van der Waals surface area contributed by atoms with Crippen LogP contribution < -0.4 is 4.90 Å². The van der Waals surface area contributed by atoms with Crippen LogP contribution in [0.3, 0.4) is 0 Å². The van der Waals surface area contributed by atoms with Crippen molar-refractivity contribution < 1.29 is 4.42 Å². The smallest absolute Gasteiger partial charge is 0.135 e. The Morgan fingerprint density at radius 1 is 0.375 bits per heavy atom. The Balaban J connectivity index is 1.06. The minimum absolute atomic E-state index is 0.865. The molecule has 0 saturated carbocycles. The number of furan rings is 1. The van der Waals surface area contributed by atoms with Crippen LogP contribution in [0, 0.1) is 0 Å². The minimum Gasteiger partial charge on any atom is -0.456 e. The predicted molar refractivity (Wildman–Crippen MR) is 272 cm³/mol. The van der Waals surface area contributed by atoms with Crippen molar-refractivity contribution in [1.29, 1.82) is 0 Å². The number of fused-ring (bicyclic) bond motifs is 9. The van der Waals surface area contributed by atoms with E-state index in [-0.39, 0.29) is 0 Å². The third-order valence-corrected chi connectivity index (χ3v) is 14.0. The van der Waals surface area contributed by atoms with Crippen molar-refractivity contribution in [3.63, 3.8) is 0 Å². The van der Waals surface area contributed by atoms with Crippen molar-refractivity contribution in [3.05, 3.63) is 231 Å². The molecule has 0 atom stereocenters. The number of hydrogen-bond donors (Lipinski definition) is 0. The molecular weight excluding hydrogens is 797 g/mol. The molecule has 0 fully saturated rings. The molecule has 0 aliphatic carbocycles. The summed E-state index contributed by atoms with van der Waals surface area (Å²) in [5, 5.41) is 7.15. The zero-order chi connectivity index (χ0) is 42.1. The van der Waals surface area contributed by atoms with Gasteiger partial charge in [0.05, 0.1) is 16.7 Å². The third kappa shape index (κ3) is 5.88. The van der Waals surface area contributed by atoms with Gasteiger partial charge in [0.1, 0.15) is 11.2 Å². The van der Waals surface area contributed by atoms with Crippen LogP contribution in [0.15, 0.2) is 235 Å². The number of hydrogen-bond acceptors (Lipinski definition) is 3. The van der Waals surface area contributed by atoms with Gasteiger partial charge >= 0.3 is 0 Å². The fraction of sp³-hybridized carbons (Fsp3) is 0. The molecule has 13 aromatic rings. The summed E-state index contributed by atoms with van der Waals surface area (Å²) in [6.07, 6.45) is 0. The highest BCUT2D eigenvalue weighted by atomic mass is 32.1. The van der Waals surface area contributed by atoms with Gasteiger partial charge in [-0.1, -0.05) is 152 Å². The van der Waals surface area contributed by atoms with Gasteiger partial charge in [-0.2, -0.15) is 0 Å². The molecule has 3 heterocycles. The Morgan fingerprint density at radius 3 is 1.59 bits per heavy atom. The molecule has 3 aromatic heterocycles. The summed E-state index contributed by atoms with van der Waals surface area (Å²) in [6.45, 7) is 0. The largest absolute Gasteiger partial charge is 0.456 e. The molecule has 0 N–H and O–H groups in total. The van der Waals surface area contributed by atoms with E-state index in [1.54, 1.807) is 0 Å². The lowest BCUT2D eigenvalue weighted by Gasteiger charge is -2.27. The zero-order valence-corrected chi connectivity index (χ0v) is 35.5. The van der Waals surface area contributed by atoms with Crippen molar-refractivity contribution >= 4 is 92.3 Å². The van der Waals surface area contributed by atoms with E-state index < -0.39 is 0 Å². The second-order valence-electron chi connectivity index (χ2n) is 16.5. The van der Waals surface area contributed by atoms with Gasteiger partial charge in [0.25, 0.3) is 0 Å². The molecule has 300 valence electrons. The maximum Gasteiger partial charge on any atom is 0.135 e. The van der Waals surface area contributed by atoms with Crippen LogP contribution in [0.5, 0.6) is 0 Å². The van der Waals surface area contributed by atoms with Crippen LogP contribution in [-0.2, 0) is 0 Å². The molecule has 0 unspecified atom stereocenters. The minimum atomic E-state index is 0.865. The quantitative estimate of drug-likeness (QED) is 0.159. The summed E-state index contributed by atoms with van der Waals surface area (Å²) < 4.78 is 11.4. The highest BCUT2D eigenvalue weighted by Crippen LogP contribution is 2.50. The van der Waals surface area contributed by atoms with Crippen molar-refractivity contribution in [1.82, 2.24) is 4.57 Å². The molecule has 13 rings (SSSR count). The van der Waals surface area contributed by atoms with E-state index >= 15 is 0 Å². The lowest BCUT2D eigenvalue weighted by Crippen LogP contribution is -2.10. The van der Waals surface area contributed by atoms with Gasteiger partial charge in [-0.05, 0) is 112 Å². The highest BCUT2D eigenvalue weighted by Gasteiger charge is 2.23. The molecule has 0 amide bonds. The monoisotopic (exact) mass is 834 g/mol. The first-order valence-corrected chi connectivity index (χ1v) is 22.6. The first-order valence-electron chi connectivity index (χ1n) is 21.7. The van der Waals surface area contributed by atoms with Gasteiger partial charge in [-0.25, -0.2) is 0 Å². The Labute approximate surface area is 373 Å². The van der Waals surface area contributed by atoms with Crippen LogP contribution in [0.1, 0.15) is 0 Å². The number of para-hydroxylation sites is 2. The first-order chi connectivity index (χ1) is 31.7. The number of benzene rings is 10. The summed E-state index contributed by atoms with van der Waals surface area (Å²) in [7, 11) is 0. The molecule has 4 heteroatoms. The van der Waals surface area contributed by atoms with E-state index in [9.17, 15) is 0 Å². The lowest BCUT2D eigenvalue weighted by atomic mass is 9.98. The van der Waals surface area contributed by atoms with Crippen LogP contribution in [0.25, 0.3) is 103 Å². The SMILES string of the molecule is c1ccc(-c2ccc3c(c2)sc2c(-c4ccccc4)ccc(N(c4ccc(-n5c6ccccc6c6ccccc65)cc4)c4ccc5oc6ccc(-c7ccccc7)cc6c5c4)c23)cc1. The predicted octanol–water partition coefficient (Wildman–Crippen LogP) is 17.5. The first kappa shape index (κ1) is 36.5. The Hall–Kier alpha value is -8.18. The molecule has 64 heavy (non-hydrogen) atoms. The normalized spacial score (nSPS) is 11.8. The van der Waals surface area contributed by atoms with E-state index in [0.29, 0.717) is 0 Å².